The molecule has 2 rings (SSSR count). The van der Waals surface area contributed by atoms with E-state index in [4.69, 9.17) is 5.73 Å². The second-order valence-electron chi connectivity index (χ2n) is 5.65. The molecule has 1 unspecified atom stereocenters. The third-order valence-corrected chi connectivity index (χ3v) is 3.69. The average Bonchev–Trinajstić information content (AvgIpc) is 2.67. The molecule has 6 nitrogen and oxygen atoms in total. The zero-order chi connectivity index (χ0) is 13.7. The van der Waals surface area contributed by atoms with Crippen LogP contribution in [0.2, 0.25) is 0 Å². The van der Waals surface area contributed by atoms with Crippen LogP contribution in [0.3, 0.4) is 0 Å². The Bertz CT molecular complexity index is 377. The SMILES string of the molecule is CC(CN)CN1CCCN(Cc2cn(C)nn2)CC1. The lowest BCUT2D eigenvalue weighted by Crippen LogP contribution is -2.35. The van der Waals surface area contributed by atoms with Gasteiger partial charge in [0, 0.05) is 39.4 Å². The van der Waals surface area contributed by atoms with Gasteiger partial charge in [0.2, 0.25) is 0 Å². The molecule has 0 spiro atoms. The molecule has 1 saturated heterocycles. The van der Waals surface area contributed by atoms with Crippen molar-refractivity contribution in [2.24, 2.45) is 18.7 Å². The minimum atomic E-state index is 0.589. The van der Waals surface area contributed by atoms with Crippen LogP contribution < -0.4 is 5.73 Å². The van der Waals surface area contributed by atoms with Gasteiger partial charge in [0.1, 0.15) is 0 Å². The molecule has 1 aliphatic rings. The van der Waals surface area contributed by atoms with Gasteiger partial charge in [-0.1, -0.05) is 12.1 Å². The van der Waals surface area contributed by atoms with Crippen LogP contribution in [0.4, 0.5) is 0 Å². The van der Waals surface area contributed by atoms with E-state index >= 15 is 0 Å². The normalized spacial score (nSPS) is 20.4. The molecular formula is C13H26N6. The number of hydrogen-bond acceptors (Lipinski definition) is 5. The van der Waals surface area contributed by atoms with Crippen LogP contribution in [0.25, 0.3) is 0 Å². The molecule has 1 atom stereocenters. The summed E-state index contributed by atoms with van der Waals surface area (Å²) in [5.41, 5.74) is 6.77. The highest BCUT2D eigenvalue weighted by molar-refractivity contribution is 4.92. The number of hydrogen-bond donors (Lipinski definition) is 1. The van der Waals surface area contributed by atoms with E-state index in [1.165, 1.54) is 13.0 Å². The second-order valence-corrected chi connectivity index (χ2v) is 5.65. The first-order valence-electron chi connectivity index (χ1n) is 7.17. The van der Waals surface area contributed by atoms with Crippen molar-refractivity contribution in [2.45, 2.75) is 19.9 Å². The topological polar surface area (TPSA) is 63.2 Å². The summed E-state index contributed by atoms with van der Waals surface area (Å²) in [6, 6.07) is 0. The highest BCUT2D eigenvalue weighted by Gasteiger charge is 2.17. The van der Waals surface area contributed by atoms with Gasteiger partial charge in [-0.3, -0.25) is 9.58 Å². The molecule has 2 heterocycles. The summed E-state index contributed by atoms with van der Waals surface area (Å²) in [7, 11) is 1.91. The van der Waals surface area contributed by atoms with Gasteiger partial charge in [0.25, 0.3) is 0 Å². The summed E-state index contributed by atoms with van der Waals surface area (Å²) in [6.07, 6.45) is 3.22. The zero-order valence-corrected chi connectivity index (χ0v) is 12.1. The number of aryl methyl sites for hydroxylation is 1. The molecule has 108 valence electrons. The smallest absolute Gasteiger partial charge is 0.0967 e. The molecule has 1 aliphatic heterocycles. The van der Waals surface area contributed by atoms with Crippen molar-refractivity contribution in [1.29, 1.82) is 0 Å². The van der Waals surface area contributed by atoms with E-state index in [0.29, 0.717) is 5.92 Å². The second kappa shape index (κ2) is 6.98. The van der Waals surface area contributed by atoms with Gasteiger partial charge >= 0.3 is 0 Å². The number of nitrogens with two attached hydrogens (primary N) is 1. The molecule has 1 aromatic heterocycles. The molecule has 0 radical (unpaired) electrons. The van der Waals surface area contributed by atoms with E-state index in [0.717, 1.165) is 45.0 Å². The van der Waals surface area contributed by atoms with E-state index in [2.05, 4.69) is 27.0 Å². The fourth-order valence-electron chi connectivity index (χ4n) is 2.58. The third-order valence-electron chi connectivity index (χ3n) is 3.69. The van der Waals surface area contributed by atoms with Gasteiger partial charge in [-0.05, 0) is 32.0 Å². The van der Waals surface area contributed by atoms with Gasteiger partial charge in [-0.2, -0.15) is 0 Å². The Kier molecular flexibility index (Phi) is 5.30. The first kappa shape index (κ1) is 14.4. The number of aromatic nitrogens is 3. The number of nitrogens with zero attached hydrogens (tertiary/aromatic N) is 5. The Morgan fingerprint density at radius 1 is 1.26 bits per heavy atom. The maximum absolute atomic E-state index is 5.71. The Morgan fingerprint density at radius 2 is 2.00 bits per heavy atom. The summed E-state index contributed by atoms with van der Waals surface area (Å²) in [4.78, 5) is 5.01. The maximum Gasteiger partial charge on any atom is 0.0967 e. The summed E-state index contributed by atoms with van der Waals surface area (Å²) >= 11 is 0. The third kappa shape index (κ3) is 4.56. The van der Waals surface area contributed by atoms with Crippen molar-refractivity contribution in [3.63, 3.8) is 0 Å². The van der Waals surface area contributed by atoms with Crippen molar-refractivity contribution in [1.82, 2.24) is 24.8 Å². The van der Waals surface area contributed by atoms with E-state index in [9.17, 15) is 0 Å². The highest BCUT2D eigenvalue weighted by Crippen LogP contribution is 2.08. The lowest BCUT2D eigenvalue weighted by atomic mass is 10.1. The maximum atomic E-state index is 5.71. The van der Waals surface area contributed by atoms with Gasteiger partial charge in [0.15, 0.2) is 0 Å². The molecule has 19 heavy (non-hydrogen) atoms. The first-order valence-corrected chi connectivity index (χ1v) is 7.17. The van der Waals surface area contributed by atoms with E-state index in [-0.39, 0.29) is 0 Å². The summed E-state index contributed by atoms with van der Waals surface area (Å²) in [5.74, 6) is 0.589. The fraction of sp³-hybridized carbons (Fsp3) is 0.846. The van der Waals surface area contributed by atoms with Gasteiger partial charge in [-0.25, -0.2) is 0 Å². The Morgan fingerprint density at radius 3 is 2.68 bits per heavy atom. The van der Waals surface area contributed by atoms with E-state index in [1.807, 2.05) is 13.2 Å². The Hall–Kier alpha value is -0.980. The summed E-state index contributed by atoms with van der Waals surface area (Å²) in [5, 5.41) is 8.15. The van der Waals surface area contributed by atoms with Crippen LogP contribution in [-0.4, -0.2) is 64.1 Å². The Balaban J connectivity index is 1.79. The van der Waals surface area contributed by atoms with Gasteiger partial charge in [-0.15, -0.1) is 5.10 Å². The van der Waals surface area contributed by atoms with Crippen LogP contribution in [-0.2, 0) is 13.6 Å². The van der Waals surface area contributed by atoms with Crippen molar-refractivity contribution in [3.8, 4) is 0 Å². The van der Waals surface area contributed by atoms with Crippen molar-refractivity contribution >= 4 is 0 Å². The van der Waals surface area contributed by atoms with Crippen LogP contribution >= 0.6 is 0 Å². The summed E-state index contributed by atoms with van der Waals surface area (Å²) < 4.78 is 1.77. The van der Waals surface area contributed by atoms with Crippen LogP contribution in [0.5, 0.6) is 0 Å². The fourth-order valence-corrected chi connectivity index (χ4v) is 2.58. The number of rotatable bonds is 5. The molecule has 0 aromatic carbocycles. The van der Waals surface area contributed by atoms with E-state index in [1.54, 1.807) is 4.68 Å². The molecule has 2 N–H and O–H groups in total. The molecule has 0 bridgehead atoms. The monoisotopic (exact) mass is 266 g/mol. The standard InChI is InChI=1S/C13H26N6/c1-12(8-14)9-18-4-3-5-19(7-6-18)11-13-10-17(2)16-15-13/h10,12H,3-9,11,14H2,1-2H3. The molecule has 6 heteroatoms. The molecule has 0 aliphatic carbocycles. The average molecular weight is 266 g/mol. The van der Waals surface area contributed by atoms with Crippen LogP contribution in [0.1, 0.15) is 19.0 Å². The van der Waals surface area contributed by atoms with Crippen molar-refractivity contribution < 1.29 is 0 Å². The molecule has 1 aromatic rings. The first-order chi connectivity index (χ1) is 9.17. The van der Waals surface area contributed by atoms with Crippen molar-refractivity contribution in [3.05, 3.63) is 11.9 Å². The molecular weight excluding hydrogens is 240 g/mol. The minimum Gasteiger partial charge on any atom is -0.330 e. The minimum absolute atomic E-state index is 0.589. The zero-order valence-electron chi connectivity index (χ0n) is 12.1. The van der Waals surface area contributed by atoms with Crippen molar-refractivity contribution in [2.75, 3.05) is 39.3 Å². The van der Waals surface area contributed by atoms with Crippen LogP contribution in [0.15, 0.2) is 6.20 Å². The largest absolute Gasteiger partial charge is 0.330 e. The quantitative estimate of drug-likeness (QED) is 0.807. The lowest BCUT2D eigenvalue weighted by Gasteiger charge is -2.23. The van der Waals surface area contributed by atoms with Gasteiger partial charge < -0.3 is 10.6 Å². The van der Waals surface area contributed by atoms with Crippen LogP contribution in [0, 0.1) is 5.92 Å². The molecule has 0 amide bonds. The molecule has 0 saturated carbocycles. The summed E-state index contributed by atoms with van der Waals surface area (Å²) in [6.45, 7) is 9.59. The highest BCUT2D eigenvalue weighted by atomic mass is 15.4. The Labute approximate surface area is 115 Å². The van der Waals surface area contributed by atoms with E-state index < -0.39 is 0 Å². The van der Waals surface area contributed by atoms with Gasteiger partial charge in [0.05, 0.1) is 5.69 Å². The predicted octanol–water partition coefficient (Wildman–Crippen LogP) is -0.0824. The predicted molar refractivity (Wildman–Crippen MR) is 75.6 cm³/mol. The molecule has 1 fully saturated rings. The lowest BCUT2D eigenvalue weighted by molar-refractivity contribution is 0.231.